The first kappa shape index (κ1) is 13.1. The second-order valence-corrected chi connectivity index (χ2v) is 7.26. The molecule has 1 aliphatic carbocycles. The maximum atomic E-state index is 4.80. The monoisotopic (exact) mass is 274 g/mol. The number of nitrogens with one attached hydrogen (secondary N) is 1. The van der Waals surface area contributed by atoms with Gasteiger partial charge in [0.1, 0.15) is 0 Å². The van der Waals surface area contributed by atoms with Crippen molar-refractivity contribution in [2.24, 2.45) is 5.41 Å². The number of fused-ring (bicyclic) bond motifs is 1. The summed E-state index contributed by atoms with van der Waals surface area (Å²) in [6, 6.07) is 9.05. The number of aromatic nitrogens is 1. The summed E-state index contributed by atoms with van der Waals surface area (Å²) in [6.45, 7) is 5.59. The molecule has 19 heavy (non-hydrogen) atoms. The Balaban J connectivity index is 1.75. The summed E-state index contributed by atoms with van der Waals surface area (Å²) in [4.78, 5) is 4.80. The highest BCUT2D eigenvalue weighted by Gasteiger charge is 2.37. The molecule has 1 fully saturated rings. The molecule has 1 aromatic heterocycles. The van der Waals surface area contributed by atoms with Gasteiger partial charge in [0.25, 0.3) is 0 Å². The fourth-order valence-electron chi connectivity index (χ4n) is 2.83. The molecule has 0 spiro atoms. The van der Waals surface area contributed by atoms with Crippen molar-refractivity contribution in [3.05, 3.63) is 29.3 Å². The zero-order chi connectivity index (χ0) is 13.3. The Labute approximate surface area is 119 Å². The van der Waals surface area contributed by atoms with E-state index in [0.717, 1.165) is 18.5 Å². The predicted octanol–water partition coefficient (Wildman–Crippen LogP) is 4.01. The Morgan fingerprint density at radius 1 is 1.32 bits per heavy atom. The maximum Gasteiger partial charge on any atom is 0.0944 e. The normalized spacial score (nSPS) is 17.8. The summed E-state index contributed by atoms with van der Waals surface area (Å²) in [5.74, 6) is 0. The largest absolute Gasteiger partial charge is 0.314 e. The van der Waals surface area contributed by atoms with Crippen LogP contribution >= 0.6 is 11.3 Å². The summed E-state index contributed by atoms with van der Waals surface area (Å²) in [7, 11) is 0. The topological polar surface area (TPSA) is 24.9 Å². The average molecular weight is 274 g/mol. The van der Waals surface area contributed by atoms with E-state index in [1.54, 1.807) is 0 Å². The molecular weight excluding hydrogens is 252 g/mol. The highest BCUT2D eigenvalue weighted by atomic mass is 32.1. The van der Waals surface area contributed by atoms with Gasteiger partial charge in [-0.3, -0.25) is 0 Å². The molecule has 0 unspecified atom stereocenters. The van der Waals surface area contributed by atoms with Crippen LogP contribution in [0.2, 0.25) is 0 Å². The van der Waals surface area contributed by atoms with Crippen LogP contribution in [0.15, 0.2) is 24.3 Å². The second-order valence-electron chi connectivity index (χ2n) is 6.14. The molecule has 0 bridgehead atoms. The third-order valence-corrected chi connectivity index (χ3v) is 5.20. The Hall–Kier alpha value is -0.930. The Morgan fingerprint density at radius 3 is 2.74 bits per heavy atom. The van der Waals surface area contributed by atoms with Crippen molar-refractivity contribution < 1.29 is 0 Å². The van der Waals surface area contributed by atoms with Crippen molar-refractivity contribution in [1.29, 1.82) is 0 Å². The van der Waals surface area contributed by atoms with E-state index in [2.05, 4.69) is 43.4 Å². The number of hydrogen-bond acceptors (Lipinski definition) is 3. The van der Waals surface area contributed by atoms with Gasteiger partial charge in [-0.25, -0.2) is 4.98 Å². The van der Waals surface area contributed by atoms with E-state index in [9.17, 15) is 0 Å². The van der Waals surface area contributed by atoms with Gasteiger partial charge in [-0.15, -0.1) is 11.3 Å². The number of thiazole rings is 1. The van der Waals surface area contributed by atoms with Crippen LogP contribution in [0.1, 0.15) is 38.1 Å². The molecule has 2 aromatic rings. The molecule has 0 amide bonds. The molecule has 0 saturated heterocycles. The first-order valence-corrected chi connectivity index (χ1v) is 8.06. The van der Waals surface area contributed by atoms with Crippen LogP contribution in [-0.4, -0.2) is 17.6 Å². The van der Waals surface area contributed by atoms with Crippen molar-refractivity contribution in [3.63, 3.8) is 0 Å². The standard InChI is InChI=1S/C16H22N2S/c1-12(2)17-11-16(8-5-9-16)10-15-18-13-6-3-4-7-14(13)19-15/h3-4,6-7,12,17H,5,8-11H2,1-2H3. The van der Waals surface area contributed by atoms with Gasteiger partial charge in [-0.2, -0.15) is 0 Å². The van der Waals surface area contributed by atoms with E-state index < -0.39 is 0 Å². The second kappa shape index (κ2) is 5.22. The molecule has 2 nitrogen and oxygen atoms in total. The average Bonchev–Trinajstić information content (AvgIpc) is 2.74. The molecule has 1 saturated carbocycles. The van der Waals surface area contributed by atoms with E-state index in [0.29, 0.717) is 11.5 Å². The molecule has 1 aromatic carbocycles. The maximum absolute atomic E-state index is 4.80. The Kier molecular flexibility index (Phi) is 3.59. The van der Waals surface area contributed by atoms with Gasteiger partial charge in [0.05, 0.1) is 15.2 Å². The molecule has 1 N–H and O–H groups in total. The van der Waals surface area contributed by atoms with Crippen molar-refractivity contribution in [2.75, 3.05) is 6.54 Å². The molecule has 3 heteroatoms. The summed E-state index contributed by atoms with van der Waals surface area (Å²) in [5, 5.41) is 4.93. The van der Waals surface area contributed by atoms with Crippen LogP contribution in [0.25, 0.3) is 10.2 Å². The van der Waals surface area contributed by atoms with Crippen molar-refractivity contribution in [3.8, 4) is 0 Å². The minimum Gasteiger partial charge on any atom is -0.314 e. The summed E-state index contributed by atoms with van der Waals surface area (Å²) in [5.41, 5.74) is 1.63. The van der Waals surface area contributed by atoms with Gasteiger partial charge >= 0.3 is 0 Å². The SMILES string of the molecule is CC(C)NCC1(Cc2nc3ccccc3s2)CCC1. The molecule has 0 atom stereocenters. The van der Waals surface area contributed by atoms with Crippen LogP contribution in [0.5, 0.6) is 0 Å². The zero-order valence-corrected chi connectivity index (χ0v) is 12.6. The molecule has 1 aliphatic rings. The minimum atomic E-state index is 0.470. The molecule has 1 heterocycles. The van der Waals surface area contributed by atoms with Crippen LogP contribution in [0.4, 0.5) is 0 Å². The van der Waals surface area contributed by atoms with Gasteiger partial charge in [0, 0.05) is 19.0 Å². The van der Waals surface area contributed by atoms with Gasteiger partial charge < -0.3 is 5.32 Å². The smallest absolute Gasteiger partial charge is 0.0944 e. The van der Waals surface area contributed by atoms with E-state index >= 15 is 0 Å². The minimum absolute atomic E-state index is 0.470. The van der Waals surface area contributed by atoms with Gasteiger partial charge in [-0.1, -0.05) is 32.4 Å². The quantitative estimate of drug-likeness (QED) is 0.891. The molecule has 3 rings (SSSR count). The molecule has 0 radical (unpaired) electrons. The van der Waals surface area contributed by atoms with Crippen molar-refractivity contribution >= 4 is 21.6 Å². The lowest BCUT2D eigenvalue weighted by molar-refractivity contribution is 0.126. The molecule has 0 aliphatic heterocycles. The van der Waals surface area contributed by atoms with Crippen LogP contribution in [0.3, 0.4) is 0 Å². The lowest BCUT2D eigenvalue weighted by Gasteiger charge is -2.42. The number of benzene rings is 1. The van der Waals surface area contributed by atoms with E-state index in [4.69, 9.17) is 4.98 Å². The third kappa shape index (κ3) is 2.82. The Morgan fingerprint density at radius 2 is 2.11 bits per heavy atom. The highest BCUT2D eigenvalue weighted by Crippen LogP contribution is 2.44. The van der Waals surface area contributed by atoms with E-state index in [-0.39, 0.29) is 0 Å². The van der Waals surface area contributed by atoms with E-state index in [1.807, 2.05) is 11.3 Å². The summed E-state index contributed by atoms with van der Waals surface area (Å²) >= 11 is 1.87. The van der Waals surface area contributed by atoms with Gasteiger partial charge in [-0.05, 0) is 30.4 Å². The number of para-hydroxylation sites is 1. The fraction of sp³-hybridized carbons (Fsp3) is 0.562. The molecule has 102 valence electrons. The predicted molar refractivity (Wildman–Crippen MR) is 82.7 cm³/mol. The van der Waals surface area contributed by atoms with E-state index in [1.165, 1.54) is 29.0 Å². The summed E-state index contributed by atoms with van der Waals surface area (Å²) in [6.07, 6.45) is 5.22. The molecular formula is C16H22N2S. The third-order valence-electron chi connectivity index (χ3n) is 4.16. The fourth-order valence-corrected chi connectivity index (χ4v) is 3.97. The first-order valence-electron chi connectivity index (χ1n) is 7.25. The Bertz CT molecular complexity index is 522. The lowest BCUT2D eigenvalue weighted by atomic mass is 9.66. The van der Waals surface area contributed by atoms with Crippen LogP contribution < -0.4 is 5.32 Å². The number of hydrogen-bond donors (Lipinski definition) is 1. The first-order chi connectivity index (χ1) is 9.17. The zero-order valence-electron chi connectivity index (χ0n) is 11.8. The highest BCUT2D eigenvalue weighted by molar-refractivity contribution is 7.18. The number of nitrogens with zero attached hydrogens (tertiary/aromatic N) is 1. The van der Waals surface area contributed by atoms with Crippen molar-refractivity contribution in [2.45, 2.75) is 45.6 Å². The number of rotatable bonds is 5. The van der Waals surface area contributed by atoms with Crippen LogP contribution in [0, 0.1) is 5.41 Å². The lowest BCUT2D eigenvalue weighted by Crippen LogP contribution is -2.43. The van der Waals surface area contributed by atoms with Gasteiger partial charge in [0.2, 0.25) is 0 Å². The van der Waals surface area contributed by atoms with Crippen molar-refractivity contribution in [1.82, 2.24) is 10.3 Å². The van der Waals surface area contributed by atoms with Crippen LogP contribution in [-0.2, 0) is 6.42 Å². The van der Waals surface area contributed by atoms with Gasteiger partial charge in [0.15, 0.2) is 0 Å². The summed E-state index contributed by atoms with van der Waals surface area (Å²) < 4.78 is 1.32.